The molecule has 1 saturated heterocycles. The van der Waals surface area contributed by atoms with Crippen LogP contribution in [0.4, 0.5) is 5.82 Å². The SMILES string of the molecule is BrCC1(CN2CCN(c3ccccn3)CC2)CC1. The fourth-order valence-corrected chi connectivity index (χ4v) is 3.40. The van der Waals surface area contributed by atoms with Crippen molar-refractivity contribution < 1.29 is 0 Å². The monoisotopic (exact) mass is 309 g/mol. The first kappa shape index (κ1) is 12.4. The summed E-state index contributed by atoms with van der Waals surface area (Å²) in [4.78, 5) is 9.44. The van der Waals surface area contributed by atoms with Gasteiger partial charge in [-0.1, -0.05) is 22.0 Å². The first-order valence-corrected chi connectivity index (χ1v) is 7.88. The van der Waals surface area contributed by atoms with Gasteiger partial charge < -0.3 is 4.90 Å². The topological polar surface area (TPSA) is 19.4 Å². The number of alkyl halides is 1. The second-order valence-electron chi connectivity index (χ2n) is 5.58. The molecule has 1 aromatic heterocycles. The molecule has 0 bridgehead atoms. The second kappa shape index (κ2) is 5.17. The van der Waals surface area contributed by atoms with E-state index < -0.39 is 0 Å². The summed E-state index contributed by atoms with van der Waals surface area (Å²) in [6.45, 7) is 5.83. The van der Waals surface area contributed by atoms with Crippen LogP contribution < -0.4 is 4.90 Å². The van der Waals surface area contributed by atoms with Gasteiger partial charge in [-0.15, -0.1) is 0 Å². The Morgan fingerprint density at radius 1 is 1.17 bits per heavy atom. The van der Waals surface area contributed by atoms with Crippen molar-refractivity contribution in [2.24, 2.45) is 5.41 Å². The number of piperazine rings is 1. The average Bonchev–Trinajstić information content (AvgIpc) is 3.21. The van der Waals surface area contributed by atoms with Gasteiger partial charge in [-0.25, -0.2) is 4.98 Å². The van der Waals surface area contributed by atoms with Crippen LogP contribution in [0.1, 0.15) is 12.8 Å². The third-order valence-electron chi connectivity index (χ3n) is 4.15. The summed E-state index contributed by atoms with van der Waals surface area (Å²) < 4.78 is 0. The largest absolute Gasteiger partial charge is 0.354 e. The number of hydrogen-bond donors (Lipinski definition) is 0. The standard InChI is InChI=1S/C14H20BrN3/c15-11-14(4-5-14)12-17-7-9-18(10-8-17)13-3-1-2-6-16-13/h1-3,6H,4-5,7-12H2. The number of aromatic nitrogens is 1. The lowest BCUT2D eigenvalue weighted by molar-refractivity contribution is 0.218. The molecule has 1 aliphatic carbocycles. The van der Waals surface area contributed by atoms with Crippen molar-refractivity contribution in [3.8, 4) is 0 Å². The Morgan fingerprint density at radius 3 is 2.50 bits per heavy atom. The highest BCUT2D eigenvalue weighted by Crippen LogP contribution is 2.47. The molecule has 2 aliphatic rings. The molecule has 0 unspecified atom stereocenters. The third-order valence-corrected chi connectivity index (χ3v) is 5.33. The Balaban J connectivity index is 1.52. The number of hydrogen-bond acceptors (Lipinski definition) is 3. The van der Waals surface area contributed by atoms with Gasteiger partial charge in [-0.3, -0.25) is 4.90 Å². The highest BCUT2D eigenvalue weighted by atomic mass is 79.9. The molecular weight excluding hydrogens is 290 g/mol. The fraction of sp³-hybridized carbons (Fsp3) is 0.643. The molecule has 1 aromatic rings. The minimum atomic E-state index is 0.604. The van der Waals surface area contributed by atoms with Gasteiger partial charge in [0.15, 0.2) is 0 Å². The van der Waals surface area contributed by atoms with Gasteiger partial charge in [-0.05, 0) is 30.4 Å². The van der Waals surface area contributed by atoms with Crippen LogP contribution in [0.25, 0.3) is 0 Å². The van der Waals surface area contributed by atoms with E-state index in [4.69, 9.17) is 0 Å². The lowest BCUT2D eigenvalue weighted by Gasteiger charge is -2.37. The highest BCUT2D eigenvalue weighted by Gasteiger charge is 2.43. The quantitative estimate of drug-likeness (QED) is 0.796. The maximum absolute atomic E-state index is 4.43. The van der Waals surface area contributed by atoms with Crippen LogP contribution in [0.2, 0.25) is 0 Å². The summed E-state index contributed by atoms with van der Waals surface area (Å²) in [7, 11) is 0. The molecule has 0 amide bonds. The molecule has 2 heterocycles. The van der Waals surface area contributed by atoms with Crippen LogP contribution in [0.15, 0.2) is 24.4 Å². The molecule has 4 heteroatoms. The second-order valence-corrected chi connectivity index (χ2v) is 6.15. The van der Waals surface area contributed by atoms with Gasteiger partial charge in [0.05, 0.1) is 0 Å². The van der Waals surface area contributed by atoms with E-state index in [0.29, 0.717) is 5.41 Å². The van der Waals surface area contributed by atoms with E-state index in [2.05, 4.69) is 42.8 Å². The summed E-state index contributed by atoms with van der Waals surface area (Å²) in [5, 5.41) is 1.17. The molecule has 1 aliphatic heterocycles. The van der Waals surface area contributed by atoms with Crippen molar-refractivity contribution in [2.75, 3.05) is 43.0 Å². The lowest BCUT2D eigenvalue weighted by atomic mass is 10.1. The molecule has 18 heavy (non-hydrogen) atoms. The summed E-state index contributed by atoms with van der Waals surface area (Å²) in [5.41, 5.74) is 0.604. The molecule has 0 atom stereocenters. The van der Waals surface area contributed by atoms with E-state index in [0.717, 1.165) is 18.9 Å². The number of pyridine rings is 1. The zero-order valence-electron chi connectivity index (χ0n) is 10.7. The van der Waals surface area contributed by atoms with Crippen LogP contribution in [-0.4, -0.2) is 47.9 Å². The maximum Gasteiger partial charge on any atom is 0.128 e. The van der Waals surface area contributed by atoms with E-state index in [1.807, 2.05) is 12.3 Å². The summed E-state index contributed by atoms with van der Waals surface area (Å²) >= 11 is 3.66. The van der Waals surface area contributed by atoms with Crippen LogP contribution in [0.5, 0.6) is 0 Å². The van der Waals surface area contributed by atoms with Gasteiger partial charge in [-0.2, -0.15) is 0 Å². The van der Waals surface area contributed by atoms with Crippen molar-refractivity contribution >= 4 is 21.7 Å². The Kier molecular flexibility index (Phi) is 3.57. The van der Waals surface area contributed by atoms with Gasteiger partial charge in [0.1, 0.15) is 5.82 Å². The Labute approximate surface area is 117 Å². The molecule has 0 aromatic carbocycles. The van der Waals surface area contributed by atoms with Crippen molar-refractivity contribution in [3.63, 3.8) is 0 Å². The summed E-state index contributed by atoms with van der Waals surface area (Å²) in [6, 6.07) is 6.15. The maximum atomic E-state index is 4.43. The summed E-state index contributed by atoms with van der Waals surface area (Å²) in [6.07, 6.45) is 4.68. The van der Waals surface area contributed by atoms with Crippen molar-refractivity contribution in [3.05, 3.63) is 24.4 Å². The van der Waals surface area contributed by atoms with E-state index in [-0.39, 0.29) is 0 Å². The van der Waals surface area contributed by atoms with Gasteiger partial charge in [0.25, 0.3) is 0 Å². The van der Waals surface area contributed by atoms with Crippen molar-refractivity contribution in [2.45, 2.75) is 12.8 Å². The number of halogens is 1. The molecule has 2 fully saturated rings. The summed E-state index contributed by atoms with van der Waals surface area (Å²) in [5.74, 6) is 1.12. The molecule has 0 N–H and O–H groups in total. The first-order valence-electron chi connectivity index (χ1n) is 6.76. The zero-order chi connectivity index (χ0) is 12.4. The molecule has 3 nitrogen and oxygen atoms in total. The molecular formula is C14H20BrN3. The van der Waals surface area contributed by atoms with E-state index >= 15 is 0 Å². The molecule has 3 rings (SSSR count). The van der Waals surface area contributed by atoms with Gasteiger partial charge in [0.2, 0.25) is 0 Å². The normalized spacial score (nSPS) is 23.1. The molecule has 0 spiro atoms. The molecule has 1 saturated carbocycles. The Bertz CT molecular complexity index is 383. The molecule has 0 radical (unpaired) electrons. The average molecular weight is 310 g/mol. The van der Waals surface area contributed by atoms with E-state index in [9.17, 15) is 0 Å². The minimum absolute atomic E-state index is 0.604. The Morgan fingerprint density at radius 2 is 1.94 bits per heavy atom. The van der Waals surface area contributed by atoms with Gasteiger partial charge in [0, 0.05) is 44.3 Å². The Hall–Kier alpha value is -0.610. The highest BCUT2D eigenvalue weighted by molar-refractivity contribution is 9.09. The number of rotatable bonds is 4. The fourth-order valence-electron chi connectivity index (χ4n) is 2.66. The number of anilines is 1. The minimum Gasteiger partial charge on any atom is -0.354 e. The third kappa shape index (κ3) is 2.69. The lowest BCUT2D eigenvalue weighted by Crippen LogP contribution is -2.48. The van der Waals surface area contributed by atoms with Crippen molar-refractivity contribution in [1.82, 2.24) is 9.88 Å². The number of nitrogens with zero attached hydrogens (tertiary/aromatic N) is 3. The predicted molar refractivity (Wildman–Crippen MR) is 78.4 cm³/mol. The van der Waals surface area contributed by atoms with Gasteiger partial charge >= 0.3 is 0 Å². The van der Waals surface area contributed by atoms with Crippen LogP contribution >= 0.6 is 15.9 Å². The van der Waals surface area contributed by atoms with Crippen LogP contribution in [0, 0.1) is 5.41 Å². The smallest absolute Gasteiger partial charge is 0.128 e. The van der Waals surface area contributed by atoms with Crippen LogP contribution in [0.3, 0.4) is 0 Å². The van der Waals surface area contributed by atoms with E-state index in [1.54, 1.807) is 0 Å². The zero-order valence-corrected chi connectivity index (χ0v) is 12.3. The first-order chi connectivity index (χ1) is 8.81. The van der Waals surface area contributed by atoms with Crippen molar-refractivity contribution in [1.29, 1.82) is 0 Å². The van der Waals surface area contributed by atoms with E-state index in [1.165, 1.54) is 37.8 Å². The predicted octanol–water partition coefficient (Wildman–Crippen LogP) is 2.38. The molecule has 98 valence electrons. The van der Waals surface area contributed by atoms with Crippen LogP contribution in [-0.2, 0) is 0 Å².